The van der Waals surface area contributed by atoms with Crippen LogP contribution in [-0.2, 0) is 14.4 Å². The number of ketones is 2. The number of hydrogen-bond acceptors (Lipinski definition) is 3. The molecule has 1 aromatic carbocycles. The van der Waals surface area contributed by atoms with Crippen molar-refractivity contribution in [2.24, 2.45) is 10.8 Å². The van der Waals surface area contributed by atoms with E-state index in [1.807, 2.05) is 30.9 Å². The Balaban J connectivity index is 1.94. The summed E-state index contributed by atoms with van der Waals surface area (Å²) in [5.74, 6) is 5.38. The van der Waals surface area contributed by atoms with Crippen LogP contribution in [-0.4, -0.2) is 35.5 Å². The van der Waals surface area contributed by atoms with E-state index in [-0.39, 0.29) is 28.3 Å². The number of Topliss-reactive ketones (excluding diaryl/α,β-unsaturated/α-hetero) is 2. The molecule has 2 fully saturated rings. The summed E-state index contributed by atoms with van der Waals surface area (Å²) in [4.78, 5) is 40.4. The molecule has 1 spiro atoms. The average molecular weight is 394 g/mol. The van der Waals surface area contributed by atoms with Gasteiger partial charge in [0.05, 0.1) is 0 Å². The molecule has 0 unspecified atom stereocenters. The smallest absolute Gasteiger partial charge is 0.219 e. The summed E-state index contributed by atoms with van der Waals surface area (Å²) in [6, 6.07) is 3.94. The van der Waals surface area contributed by atoms with Gasteiger partial charge < -0.3 is 4.90 Å². The van der Waals surface area contributed by atoms with Crippen LogP contribution in [0.3, 0.4) is 0 Å². The topological polar surface area (TPSA) is 54.5 Å². The zero-order chi connectivity index (χ0) is 21.6. The minimum Gasteiger partial charge on any atom is -0.342 e. The van der Waals surface area contributed by atoms with Crippen LogP contribution < -0.4 is 0 Å². The van der Waals surface area contributed by atoms with Crippen molar-refractivity contribution in [3.8, 4) is 11.8 Å². The number of nitrogens with zero attached hydrogens (tertiary/aromatic N) is 1. The maximum absolute atomic E-state index is 13.4. The Hall–Kier alpha value is -2.41. The summed E-state index contributed by atoms with van der Waals surface area (Å²) in [6.45, 7) is 12.7. The molecule has 4 heteroatoms. The van der Waals surface area contributed by atoms with Crippen molar-refractivity contribution in [3.63, 3.8) is 0 Å². The zero-order valence-corrected chi connectivity index (χ0v) is 18.4. The predicted molar refractivity (Wildman–Crippen MR) is 114 cm³/mol. The zero-order valence-electron chi connectivity index (χ0n) is 18.4. The van der Waals surface area contributed by atoms with Gasteiger partial charge in [-0.05, 0) is 66.8 Å². The minimum absolute atomic E-state index is 0.0196. The third-order valence-electron chi connectivity index (χ3n) is 7.15. The highest BCUT2D eigenvalue weighted by atomic mass is 16.2. The Bertz CT molecular complexity index is 904. The first-order chi connectivity index (χ1) is 13.5. The van der Waals surface area contributed by atoms with Crippen LogP contribution in [0.25, 0.3) is 0 Å². The van der Waals surface area contributed by atoms with Crippen molar-refractivity contribution in [3.05, 3.63) is 34.4 Å². The van der Waals surface area contributed by atoms with E-state index in [9.17, 15) is 14.4 Å². The van der Waals surface area contributed by atoms with Gasteiger partial charge >= 0.3 is 0 Å². The number of carbonyl (C=O) groups is 3. The standard InChI is InChI=1S/C25H31NO3/c1-7-8-19-11-16(2)22(17(3)12-19)23-20(28)13-25(14-21(23)29)9-10-26(18(4)27)15-24(25,5)6/h11-12,23H,9-10,13-15H2,1-6H3. The lowest BCUT2D eigenvalue weighted by atomic mass is 9.53. The first kappa shape index (κ1) is 21.3. The van der Waals surface area contributed by atoms with Gasteiger partial charge in [0.1, 0.15) is 17.5 Å². The lowest BCUT2D eigenvalue weighted by Crippen LogP contribution is -2.57. The first-order valence-corrected chi connectivity index (χ1v) is 10.4. The Morgan fingerprint density at radius 2 is 1.66 bits per heavy atom. The van der Waals surface area contributed by atoms with E-state index in [2.05, 4.69) is 25.7 Å². The monoisotopic (exact) mass is 393 g/mol. The van der Waals surface area contributed by atoms with Crippen molar-refractivity contribution in [1.82, 2.24) is 4.90 Å². The number of rotatable bonds is 1. The van der Waals surface area contributed by atoms with Gasteiger partial charge in [0, 0.05) is 38.4 Å². The maximum atomic E-state index is 13.4. The average Bonchev–Trinajstić information content (AvgIpc) is 2.59. The number of amides is 1. The number of piperidine rings is 1. The van der Waals surface area contributed by atoms with E-state index in [0.29, 0.717) is 32.4 Å². The van der Waals surface area contributed by atoms with Crippen LogP contribution in [0, 0.1) is 36.5 Å². The summed E-state index contributed by atoms with van der Waals surface area (Å²) >= 11 is 0. The molecular formula is C25H31NO3. The molecule has 1 saturated carbocycles. The molecule has 154 valence electrons. The van der Waals surface area contributed by atoms with E-state index in [0.717, 1.165) is 22.3 Å². The SMILES string of the molecule is CC#Cc1cc(C)c(C2C(=O)CC3(CCN(C(C)=O)CC3(C)C)CC2=O)c(C)c1. The van der Waals surface area contributed by atoms with Crippen molar-refractivity contribution >= 4 is 17.5 Å². The fraction of sp³-hybridized carbons (Fsp3) is 0.560. The fourth-order valence-corrected chi connectivity index (χ4v) is 5.42. The summed E-state index contributed by atoms with van der Waals surface area (Å²) in [5, 5.41) is 0. The van der Waals surface area contributed by atoms with E-state index >= 15 is 0 Å². The summed E-state index contributed by atoms with van der Waals surface area (Å²) in [6.07, 6.45) is 1.50. The molecule has 29 heavy (non-hydrogen) atoms. The molecule has 0 aromatic heterocycles. The number of carbonyl (C=O) groups excluding carboxylic acids is 3. The van der Waals surface area contributed by atoms with Crippen LogP contribution in [0.15, 0.2) is 12.1 Å². The van der Waals surface area contributed by atoms with Gasteiger partial charge in [-0.25, -0.2) is 0 Å². The molecule has 1 aliphatic carbocycles. The highest BCUT2D eigenvalue weighted by molar-refractivity contribution is 6.10. The van der Waals surface area contributed by atoms with E-state index in [4.69, 9.17) is 0 Å². The highest BCUT2D eigenvalue weighted by Gasteiger charge is 2.55. The van der Waals surface area contributed by atoms with Crippen LogP contribution in [0.2, 0.25) is 0 Å². The largest absolute Gasteiger partial charge is 0.342 e. The van der Waals surface area contributed by atoms with Gasteiger partial charge in [-0.15, -0.1) is 5.92 Å². The maximum Gasteiger partial charge on any atom is 0.219 e. The molecule has 0 bridgehead atoms. The Kier molecular flexibility index (Phi) is 5.47. The lowest BCUT2D eigenvalue weighted by molar-refractivity contribution is -0.149. The Labute approximate surface area is 174 Å². The molecule has 0 N–H and O–H groups in total. The van der Waals surface area contributed by atoms with Crippen molar-refractivity contribution in [2.75, 3.05) is 13.1 Å². The van der Waals surface area contributed by atoms with Crippen molar-refractivity contribution < 1.29 is 14.4 Å². The minimum atomic E-state index is -0.675. The van der Waals surface area contributed by atoms with Crippen LogP contribution in [0.5, 0.6) is 0 Å². The molecule has 0 atom stereocenters. The highest BCUT2D eigenvalue weighted by Crippen LogP contribution is 2.55. The molecular weight excluding hydrogens is 362 g/mol. The van der Waals surface area contributed by atoms with Gasteiger partial charge in [0.25, 0.3) is 0 Å². The molecule has 1 amide bonds. The van der Waals surface area contributed by atoms with Crippen LogP contribution >= 0.6 is 0 Å². The molecule has 1 aliphatic heterocycles. The van der Waals surface area contributed by atoms with Gasteiger partial charge in [-0.2, -0.15) is 0 Å². The van der Waals surface area contributed by atoms with Gasteiger partial charge in [0.2, 0.25) is 5.91 Å². The number of likely N-dealkylation sites (tertiary alicyclic amines) is 1. The van der Waals surface area contributed by atoms with E-state index in [1.165, 1.54) is 0 Å². The van der Waals surface area contributed by atoms with Crippen molar-refractivity contribution in [1.29, 1.82) is 0 Å². The Morgan fingerprint density at radius 1 is 1.10 bits per heavy atom. The number of benzene rings is 1. The normalized spacial score (nSPS) is 26.3. The summed E-state index contributed by atoms with van der Waals surface area (Å²) in [5.41, 5.74) is 3.04. The van der Waals surface area contributed by atoms with Crippen LogP contribution in [0.1, 0.15) is 75.1 Å². The molecule has 1 saturated heterocycles. The van der Waals surface area contributed by atoms with E-state index in [1.54, 1.807) is 13.8 Å². The predicted octanol–water partition coefficient (Wildman–Crippen LogP) is 3.96. The molecule has 4 nitrogen and oxygen atoms in total. The fourth-order valence-electron chi connectivity index (χ4n) is 5.42. The van der Waals surface area contributed by atoms with Gasteiger partial charge in [-0.3, -0.25) is 14.4 Å². The van der Waals surface area contributed by atoms with Crippen LogP contribution in [0.4, 0.5) is 0 Å². The Morgan fingerprint density at radius 3 is 2.10 bits per heavy atom. The lowest BCUT2D eigenvalue weighted by Gasteiger charge is -2.55. The van der Waals surface area contributed by atoms with Gasteiger partial charge in [-0.1, -0.05) is 19.8 Å². The molecule has 1 aromatic rings. The molecule has 0 radical (unpaired) electrons. The molecule has 3 rings (SSSR count). The van der Waals surface area contributed by atoms with Crippen molar-refractivity contribution in [2.45, 2.75) is 66.7 Å². The summed E-state index contributed by atoms with van der Waals surface area (Å²) in [7, 11) is 0. The molecule has 1 heterocycles. The first-order valence-electron chi connectivity index (χ1n) is 10.4. The molecule has 2 aliphatic rings. The third kappa shape index (κ3) is 3.64. The second kappa shape index (κ2) is 7.44. The second-order valence-corrected chi connectivity index (χ2v) is 9.47. The quantitative estimate of drug-likeness (QED) is 0.536. The number of aryl methyl sites for hydroxylation is 2. The third-order valence-corrected chi connectivity index (χ3v) is 7.15. The van der Waals surface area contributed by atoms with E-state index < -0.39 is 5.92 Å². The van der Waals surface area contributed by atoms with Gasteiger partial charge in [0.15, 0.2) is 0 Å². The summed E-state index contributed by atoms with van der Waals surface area (Å²) < 4.78 is 0. The number of hydrogen-bond donors (Lipinski definition) is 0. The second-order valence-electron chi connectivity index (χ2n) is 9.47.